The van der Waals surface area contributed by atoms with Crippen LogP contribution >= 0.6 is 0 Å². The summed E-state index contributed by atoms with van der Waals surface area (Å²) in [6, 6.07) is 0. The third-order valence-corrected chi connectivity index (χ3v) is 2.55. The Kier molecular flexibility index (Phi) is 2.22. The number of aromatic nitrogens is 2. The van der Waals surface area contributed by atoms with Crippen LogP contribution in [-0.4, -0.2) is 38.1 Å². The summed E-state index contributed by atoms with van der Waals surface area (Å²) in [5.74, 6) is 0. The predicted molar refractivity (Wildman–Crippen MR) is 34.4 cm³/mol. The molecule has 0 aliphatic heterocycles. The molecule has 0 aliphatic rings. The molecule has 0 aliphatic carbocycles. The van der Waals surface area contributed by atoms with E-state index in [0.717, 1.165) is 0 Å². The van der Waals surface area contributed by atoms with E-state index in [-0.39, 0.29) is 0 Å². The first kappa shape index (κ1) is 6.45. The van der Waals surface area contributed by atoms with Crippen molar-refractivity contribution in [2.75, 3.05) is 0 Å². The Hall–Kier alpha value is 0.327. The first-order valence-corrected chi connectivity index (χ1v) is 4.93. The van der Waals surface area contributed by atoms with Gasteiger partial charge in [0.2, 0.25) is 0 Å². The van der Waals surface area contributed by atoms with Gasteiger partial charge in [-0.05, 0) is 0 Å². The van der Waals surface area contributed by atoms with Crippen LogP contribution in [0.1, 0.15) is 0 Å². The van der Waals surface area contributed by atoms with E-state index in [2.05, 4.69) is 25.3 Å². The molecular formula is C4H5LiN2Se. The molecule has 0 saturated heterocycles. The van der Waals surface area contributed by atoms with Crippen molar-refractivity contribution in [3.8, 4) is 0 Å². The second-order valence-electron chi connectivity index (χ2n) is 1.52. The molecule has 8 heavy (non-hydrogen) atoms. The van der Waals surface area contributed by atoms with Gasteiger partial charge in [-0.3, -0.25) is 0 Å². The quantitative estimate of drug-likeness (QED) is 0.482. The van der Waals surface area contributed by atoms with Gasteiger partial charge in [0.1, 0.15) is 0 Å². The Labute approximate surface area is 62.3 Å². The molecule has 0 atom stereocenters. The van der Waals surface area contributed by atoms with Crippen LogP contribution < -0.4 is 4.72 Å². The molecule has 1 heterocycles. The van der Waals surface area contributed by atoms with Crippen molar-refractivity contribution in [1.82, 2.24) is 9.55 Å². The first-order chi connectivity index (χ1) is 3.84. The van der Waals surface area contributed by atoms with Gasteiger partial charge in [0.15, 0.2) is 0 Å². The first-order valence-electron chi connectivity index (χ1n) is 2.36. The third-order valence-electron chi connectivity index (χ3n) is 0.960. The van der Waals surface area contributed by atoms with Crippen LogP contribution in [-0.2, 0) is 7.05 Å². The van der Waals surface area contributed by atoms with Gasteiger partial charge >= 0.3 is 62.3 Å². The Morgan fingerprint density at radius 3 is 2.88 bits per heavy atom. The van der Waals surface area contributed by atoms with Gasteiger partial charge in [-0.2, -0.15) is 0 Å². The molecule has 0 aromatic carbocycles. The average molecular weight is 167 g/mol. The van der Waals surface area contributed by atoms with Crippen LogP contribution in [0.25, 0.3) is 0 Å². The number of aryl methyl sites for hydroxylation is 1. The van der Waals surface area contributed by atoms with Gasteiger partial charge < -0.3 is 0 Å². The third kappa shape index (κ3) is 1.18. The van der Waals surface area contributed by atoms with E-state index in [9.17, 15) is 0 Å². The van der Waals surface area contributed by atoms with E-state index in [1.165, 1.54) is 4.72 Å². The minimum atomic E-state index is 0.540. The summed E-state index contributed by atoms with van der Waals surface area (Å²) in [7, 11) is 2.02. The summed E-state index contributed by atoms with van der Waals surface area (Å²) in [5.41, 5.74) is 0. The molecule has 0 radical (unpaired) electrons. The molecule has 4 heteroatoms. The number of hydrogen-bond donors (Lipinski definition) is 0. The molecule has 0 amide bonds. The van der Waals surface area contributed by atoms with Gasteiger partial charge in [-0.15, -0.1) is 0 Å². The molecule has 0 N–H and O–H groups in total. The van der Waals surface area contributed by atoms with Gasteiger partial charge in [-0.25, -0.2) is 0 Å². The fraction of sp³-hybridized carbons (Fsp3) is 0.250. The van der Waals surface area contributed by atoms with Crippen LogP contribution in [0.3, 0.4) is 0 Å². The van der Waals surface area contributed by atoms with Gasteiger partial charge in [0.05, 0.1) is 0 Å². The average Bonchev–Trinajstić information content (AvgIpc) is 2.14. The molecule has 2 nitrogen and oxygen atoms in total. The van der Waals surface area contributed by atoms with Crippen LogP contribution in [0, 0.1) is 0 Å². The van der Waals surface area contributed by atoms with E-state index >= 15 is 0 Å². The second kappa shape index (κ2) is 2.75. The molecule has 0 spiro atoms. The predicted octanol–water partition coefficient (Wildman–Crippen LogP) is -1.17. The minimum absolute atomic E-state index is 0.540. The fourth-order valence-corrected chi connectivity index (χ4v) is 1.63. The van der Waals surface area contributed by atoms with Gasteiger partial charge in [-0.1, -0.05) is 0 Å². The molecular weight excluding hydrogens is 162 g/mol. The molecule has 0 saturated carbocycles. The van der Waals surface area contributed by atoms with Crippen molar-refractivity contribution in [2.45, 2.75) is 0 Å². The van der Waals surface area contributed by atoms with Crippen molar-refractivity contribution in [2.24, 2.45) is 7.05 Å². The summed E-state index contributed by atoms with van der Waals surface area (Å²) < 4.78 is 3.26. The number of nitrogens with zero attached hydrogens (tertiary/aromatic N) is 2. The monoisotopic (exact) mass is 168 g/mol. The zero-order valence-electron chi connectivity index (χ0n) is 4.96. The van der Waals surface area contributed by atoms with E-state index < -0.39 is 0 Å². The summed E-state index contributed by atoms with van der Waals surface area (Å²) in [6.07, 6.45) is 3.81. The molecule has 38 valence electrons. The molecule has 1 rings (SSSR count). The molecule has 1 aromatic rings. The topological polar surface area (TPSA) is 17.8 Å². The fourth-order valence-electron chi connectivity index (χ4n) is 0.549. The normalized spacial score (nSPS) is 9.88. The number of hydrogen-bond acceptors (Lipinski definition) is 1. The van der Waals surface area contributed by atoms with Crippen LogP contribution in [0.15, 0.2) is 12.4 Å². The molecule has 0 bridgehead atoms. The van der Waals surface area contributed by atoms with Gasteiger partial charge in [0.25, 0.3) is 0 Å². The Bertz CT molecular complexity index is 174. The summed E-state index contributed by atoms with van der Waals surface area (Å²) in [4.78, 5) is 4.12. The zero-order chi connectivity index (χ0) is 5.98. The van der Waals surface area contributed by atoms with Crippen LogP contribution in [0.2, 0.25) is 0 Å². The van der Waals surface area contributed by atoms with E-state index in [4.69, 9.17) is 0 Å². The Morgan fingerprint density at radius 2 is 2.62 bits per heavy atom. The Morgan fingerprint density at radius 1 is 1.88 bits per heavy atom. The maximum absolute atomic E-state index is 4.12. The van der Waals surface area contributed by atoms with Crippen molar-refractivity contribution in [3.05, 3.63) is 12.4 Å². The number of imidazole rings is 1. The summed E-state index contributed by atoms with van der Waals surface area (Å²) in [5, 5.41) is 0. The van der Waals surface area contributed by atoms with Crippen molar-refractivity contribution in [1.29, 1.82) is 0 Å². The SMILES string of the molecule is [Li][Se]c1nccn1C. The summed E-state index contributed by atoms with van der Waals surface area (Å²) in [6.45, 7) is 0. The van der Waals surface area contributed by atoms with Crippen LogP contribution in [0.5, 0.6) is 0 Å². The van der Waals surface area contributed by atoms with Crippen molar-refractivity contribution < 1.29 is 0 Å². The molecule has 1 aromatic heterocycles. The Balaban J connectivity index is 2.92. The number of rotatable bonds is 1. The maximum atomic E-state index is 4.12. The van der Waals surface area contributed by atoms with Crippen molar-refractivity contribution in [3.63, 3.8) is 0 Å². The van der Waals surface area contributed by atoms with Gasteiger partial charge in [0, 0.05) is 0 Å². The van der Waals surface area contributed by atoms with Crippen LogP contribution in [0.4, 0.5) is 0 Å². The van der Waals surface area contributed by atoms with Crippen molar-refractivity contribution >= 4 is 33.3 Å². The molecule has 0 fully saturated rings. The standard InChI is InChI=1S/C4H6N2Se.Li/c1-6-3-2-5-4(6)7;/h2-3H,1H3,(H,5,7);/q;+1/p-1. The van der Waals surface area contributed by atoms with E-state index in [1.54, 1.807) is 0 Å². The van der Waals surface area contributed by atoms with E-state index in [0.29, 0.717) is 12.8 Å². The zero-order valence-corrected chi connectivity index (χ0v) is 6.67. The second-order valence-corrected chi connectivity index (χ2v) is 3.15. The molecule has 0 unspecified atom stereocenters. The van der Waals surface area contributed by atoms with E-state index in [1.807, 2.05) is 19.4 Å². The summed E-state index contributed by atoms with van der Waals surface area (Å²) >= 11 is 2.70.